The number of aromatic nitrogens is 4. The topological polar surface area (TPSA) is 84.7 Å². The second kappa shape index (κ2) is 6.33. The predicted octanol–water partition coefficient (Wildman–Crippen LogP) is 4.57. The molecule has 0 aliphatic heterocycles. The molecule has 4 heterocycles. The van der Waals surface area contributed by atoms with Crippen molar-refractivity contribution < 1.29 is 4.42 Å². The Balaban J connectivity index is 1.41. The molecule has 1 fully saturated rings. The first kappa shape index (κ1) is 16.2. The molecule has 0 bridgehead atoms. The Kier molecular flexibility index (Phi) is 3.95. The van der Waals surface area contributed by atoms with Crippen molar-refractivity contribution in [1.29, 1.82) is 0 Å². The maximum absolute atomic E-state index is 12.6. The SMILES string of the molecule is Cc1ccc(-c2csc3nc(CSc4nnc(C5CC5)o4)[nH]c(=O)c23)s1. The van der Waals surface area contributed by atoms with Crippen LogP contribution in [0.4, 0.5) is 0 Å². The van der Waals surface area contributed by atoms with Crippen LogP contribution < -0.4 is 5.56 Å². The molecule has 1 saturated carbocycles. The monoisotopic (exact) mass is 402 g/mol. The molecule has 0 amide bonds. The van der Waals surface area contributed by atoms with Crippen molar-refractivity contribution in [2.45, 2.75) is 36.7 Å². The van der Waals surface area contributed by atoms with E-state index in [2.05, 4.69) is 39.2 Å². The first-order valence-electron chi connectivity index (χ1n) is 8.21. The lowest BCUT2D eigenvalue weighted by Crippen LogP contribution is -2.10. The van der Waals surface area contributed by atoms with E-state index < -0.39 is 0 Å². The van der Waals surface area contributed by atoms with Crippen LogP contribution in [0.3, 0.4) is 0 Å². The summed E-state index contributed by atoms with van der Waals surface area (Å²) in [6.45, 7) is 2.06. The molecule has 0 spiro atoms. The summed E-state index contributed by atoms with van der Waals surface area (Å²) >= 11 is 4.58. The number of fused-ring (bicyclic) bond motifs is 1. The van der Waals surface area contributed by atoms with Gasteiger partial charge in [0.1, 0.15) is 10.7 Å². The van der Waals surface area contributed by atoms with Crippen LogP contribution in [0.25, 0.3) is 20.7 Å². The molecule has 6 nitrogen and oxygen atoms in total. The highest BCUT2D eigenvalue weighted by Gasteiger charge is 2.29. The van der Waals surface area contributed by atoms with Crippen molar-refractivity contribution in [3.8, 4) is 10.4 Å². The van der Waals surface area contributed by atoms with Crippen LogP contribution in [0, 0.1) is 6.92 Å². The molecule has 26 heavy (non-hydrogen) atoms. The fourth-order valence-electron chi connectivity index (χ4n) is 2.73. The third-order valence-corrected chi connectivity index (χ3v) is 6.92. The molecule has 0 atom stereocenters. The average Bonchev–Trinajstić information content (AvgIpc) is 3.04. The van der Waals surface area contributed by atoms with E-state index in [1.165, 1.54) is 28.0 Å². The largest absolute Gasteiger partial charge is 0.416 e. The zero-order chi connectivity index (χ0) is 17.7. The highest BCUT2D eigenvalue weighted by atomic mass is 32.2. The van der Waals surface area contributed by atoms with Gasteiger partial charge in [-0.3, -0.25) is 4.79 Å². The number of hydrogen-bond acceptors (Lipinski definition) is 8. The first-order valence-corrected chi connectivity index (χ1v) is 10.9. The molecule has 1 aliphatic carbocycles. The number of rotatable bonds is 5. The Morgan fingerprint density at radius 3 is 3.00 bits per heavy atom. The van der Waals surface area contributed by atoms with E-state index in [9.17, 15) is 4.79 Å². The Morgan fingerprint density at radius 2 is 2.23 bits per heavy atom. The summed E-state index contributed by atoms with van der Waals surface area (Å²) in [5.74, 6) is 2.27. The Morgan fingerprint density at radius 1 is 1.35 bits per heavy atom. The van der Waals surface area contributed by atoms with E-state index in [-0.39, 0.29) is 5.56 Å². The van der Waals surface area contributed by atoms with Gasteiger partial charge in [0.25, 0.3) is 10.8 Å². The van der Waals surface area contributed by atoms with Gasteiger partial charge in [0.2, 0.25) is 5.89 Å². The Hall–Kier alpha value is -1.97. The standard InChI is InChI=1S/C17H14N4O2S3/c1-8-2-5-11(26-8)10-6-24-16-13(10)14(22)18-12(19-16)7-25-17-21-20-15(23-17)9-3-4-9/h2,5-6,9H,3-4,7H2,1H3,(H,18,19,22). The summed E-state index contributed by atoms with van der Waals surface area (Å²) in [7, 11) is 0. The highest BCUT2D eigenvalue weighted by molar-refractivity contribution is 7.98. The maximum atomic E-state index is 12.6. The summed E-state index contributed by atoms with van der Waals surface area (Å²) in [4.78, 5) is 23.2. The number of nitrogens with one attached hydrogen (secondary N) is 1. The van der Waals surface area contributed by atoms with Gasteiger partial charge in [-0.05, 0) is 31.9 Å². The normalized spacial score (nSPS) is 14.3. The van der Waals surface area contributed by atoms with E-state index in [1.54, 1.807) is 11.3 Å². The smallest absolute Gasteiger partial charge is 0.277 e. The lowest BCUT2D eigenvalue weighted by molar-refractivity contribution is 0.414. The van der Waals surface area contributed by atoms with Gasteiger partial charge in [0, 0.05) is 26.6 Å². The van der Waals surface area contributed by atoms with Crippen molar-refractivity contribution >= 4 is 44.7 Å². The summed E-state index contributed by atoms with van der Waals surface area (Å²) in [6, 6.07) is 4.12. The molecule has 0 aromatic carbocycles. The van der Waals surface area contributed by atoms with Crippen LogP contribution in [0.15, 0.2) is 31.9 Å². The molecule has 1 N–H and O–H groups in total. The van der Waals surface area contributed by atoms with Gasteiger partial charge in [-0.1, -0.05) is 11.8 Å². The third-order valence-electron chi connectivity index (χ3n) is 4.18. The maximum Gasteiger partial charge on any atom is 0.277 e. The van der Waals surface area contributed by atoms with E-state index >= 15 is 0 Å². The van der Waals surface area contributed by atoms with Gasteiger partial charge in [-0.2, -0.15) is 0 Å². The molecule has 132 valence electrons. The van der Waals surface area contributed by atoms with E-state index in [0.717, 1.165) is 34.0 Å². The third kappa shape index (κ3) is 3.00. The number of aromatic amines is 1. The summed E-state index contributed by atoms with van der Waals surface area (Å²) in [5.41, 5.74) is 0.860. The molecule has 0 saturated heterocycles. The number of H-pyrrole nitrogens is 1. The second-order valence-corrected chi connectivity index (χ2v) is 9.29. The van der Waals surface area contributed by atoms with Gasteiger partial charge >= 0.3 is 0 Å². The molecule has 9 heteroatoms. The van der Waals surface area contributed by atoms with Crippen molar-refractivity contribution in [2.75, 3.05) is 0 Å². The molecule has 4 aromatic heterocycles. The number of hydrogen-bond donors (Lipinski definition) is 1. The van der Waals surface area contributed by atoms with Crippen LogP contribution in [-0.4, -0.2) is 20.2 Å². The predicted molar refractivity (Wildman–Crippen MR) is 104 cm³/mol. The van der Waals surface area contributed by atoms with Crippen molar-refractivity contribution in [3.05, 3.63) is 44.5 Å². The Bertz CT molecular complexity index is 1150. The van der Waals surface area contributed by atoms with Gasteiger partial charge in [-0.15, -0.1) is 32.9 Å². The quantitative estimate of drug-likeness (QED) is 0.492. The fraction of sp³-hybridized carbons (Fsp3) is 0.294. The second-order valence-electron chi connectivity index (χ2n) is 6.22. The summed E-state index contributed by atoms with van der Waals surface area (Å²) in [5, 5.41) is 11.3. The summed E-state index contributed by atoms with van der Waals surface area (Å²) in [6.07, 6.45) is 2.25. The zero-order valence-electron chi connectivity index (χ0n) is 13.8. The lowest BCUT2D eigenvalue weighted by atomic mass is 10.2. The minimum absolute atomic E-state index is 0.0999. The molecule has 1 aliphatic rings. The lowest BCUT2D eigenvalue weighted by Gasteiger charge is -1.99. The van der Waals surface area contributed by atoms with Crippen LogP contribution in [0.2, 0.25) is 0 Å². The highest BCUT2D eigenvalue weighted by Crippen LogP contribution is 2.40. The fourth-order valence-corrected chi connectivity index (χ4v) is 5.29. The number of aryl methyl sites for hydroxylation is 1. The molecular formula is C17H14N4O2S3. The van der Waals surface area contributed by atoms with Gasteiger partial charge in [0.15, 0.2) is 0 Å². The van der Waals surface area contributed by atoms with E-state index in [4.69, 9.17) is 4.42 Å². The van der Waals surface area contributed by atoms with Crippen LogP contribution in [-0.2, 0) is 5.75 Å². The van der Waals surface area contributed by atoms with Gasteiger partial charge < -0.3 is 9.40 Å². The van der Waals surface area contributed by atoms with Crippen LogP contribution in [0.1, 0.15) is 35.4 Å². The van der Waals surface area contributed by atoms with Crippen molar-refractivity contribution in [1.82, 2.24) is 20.2 Å². The van der Waals surface area contributed by atoms with Crippen LogP contribution in [0.5, 0.6) is 0 Å². The number of thiophene rings is 2. The Labute approximate surface area is 160 Å². The van der Waals surface area contributed by atoms with E-state index in [0.29, 0.717) is 28.1 Å². The number of nitrogens with zero attached hydrogens (tertiary/aromatic N) is 3. The van der Waals surface area contributed by atoms with Crippen molar-refractivity contribution in [3.63, 3.8) is 0 Å². The summed E-state index contributed by atoms with van der Waals surface area (Å²) < 4.78 is 5.64. The van der Waals surface area contributed by atoms with Gasteiger partial charge in [0.05, 0.1) is 11.1 Å². The zero-order valence-corrected chi connectivity index (χ0v) is 16.3. The first-order chi connectivity index (χ1) is 12.7. The molecule has 4 aromatic rings. The minimum atomic E-state index is -0.0999. The van der Waals surface area contributed by atoms with Gasteiger partial charge in [-0.25, -0.2) is 4.98 Å². The van der Waals surface area contributed by atoms with Crippen LogP contribution >= 0.6 is 34.4 Å². The average molecular weight is 403 g/mol. The molecular weight excluding hydrogens is 388 g/mol. The number of thioether (sulfide) groups is 1. The molecule has 0 radical (unpaired) electrons. The van der Waals surface area contributed by atoms with E-state index in [1.807, 2.05) is 5.38 Å². The minimum Gasteiger partial charge on any atom is -0.416 e. The van der Waals surface area contributed by atoms with Crippen molar-refractivity contribution in [2.24, 2.45) is 0 Å². The molecule has 5 rings (SSSR count). The molecule has 0 unspecified atom stereocenters.